The van der Waals surface area contributed by atoms with Crippen LogP contribution in [0.25, 0.3) is 0 Å². The van der Waals surface area contributed by atoms with Crippen molar-refractivity contribution in [3.05, 3.63) is 57.6 Å². The first-order valence-electron chi connectivity index (χ1n) is 11.6. The lowest BCUT2D eigenvalue weighted by molar-refractivity contribution is -0.0457. The molecule has 1 unspecified atom stereocenters. The number of piperidine rings is 2. The lowest BCUT2D eigenvalue weighted by Gasteiger charge is -2.44. The monoisotopic (exact) mass is 524 g/mol. The maximum atomic E-state index is 13.0. The number of amides is 1. The van der Waals surface area contributed by atoms with Crippen molar-refractivity contribution in [2.24, 2.45) is 0 Å². The Morgan fingerprint density at radius 3 is 2.29 bits per heavy atom. The number of rotatable bonds is 5. The van der Waals surface area contributed by atoms with Crippen LogP contribution in [0.5, 0.6) is 5.75 Å². The number of hydrogen-bond donors (Lipinski definition) is 0. The molecule has 9 heteroatoms. The van der Waals surface area contributed by atoms with E-state index in [4.69, 9.17) is 27.9 Å². The standard InChI is InChI=1S/C25H30Cl2N2O4S/c1-17-21(26)10-11-22(24(17)27)33-23-5-3-4-14-29(23)19-12-15-28(16-13-19)25(30)18-6-8-20(9-7-18)34(2,31)32/h6-11,19,23H,3-5,12-16H2,1-2H3. The van der Waals surface area contributed by atoms with Gasteiger partial charge in [0.15, 0.2) is 16.1 Å². The Morgan fingerprint density at radius 2 is 1.65 bits per heavy atom. The fraction of sp³-hybridized carbons (Fsp3) is 0.480. The summed E-state index contributed by atoms with van der Waals surface area (Å²) in [4.78, 5) is 17.5. The van der Waals surface area contributed by atoms with Gasteiger partial charge >= 0.3 is 0 Å². The molecular weight excluding hydrogens is 495 g/mol. The SMILES string of the molecule is Cc1c(Cl)ccc(OC2CCCCN2C2CCN(C(=O)c3ccc(S(C)(=O)=O)cc3)CC2)c1Cl. The largest absolute Gasteiger partial charge is 0.474 e. The minimum Gasteiger partial charge on any atom is -0.474 e. The molecule has 34 heavy (non-hydrogen) atoms. The summed E-state index contributed by atoms with van der Waals surface area (Å²) < 4.78 is 29.7. The van der Waals surface area contributed by atoms with Gasteiger partial charge < -0.3 is 9.64 Å². The molecule has 0 N–H and O–H groups in total. The zero-order valence-electron chi connectivity index (χ0n) is 19.5. The van der Waals surface area contributed by atoms with Crippen molar-refractivity contribution in [1.82, 2.24) is 9.80 Å². The average molecular weight is 525 g/mol. The Hall–Kier alpha value is -1.80. The smallest absolute Gasteiger partial charge is 0.253 e. The molecule has 0 aromatic heterocycles. The van der Waals surface area contributed by atoms with Crippen LogP contribution in [0.1, 0.15) is 48.0 Å². The summed E-state index contributed by atoms with van der Waals surface area (Å²) in [5.41, 5.74) is 1.33. The van der Waals surface area contributed by atoms with E-state index in [1.54, 1.807) is 12.1 Å². The first kappa shape index (κ1) is 25.3. The summed E-state index contributed by atoms with van der Waals surface area (Å²) in [6.45, 7) is 4.15. The van der Waals surface area contributed by atoms with Crippen LogP contribution in [0.4, 0.5) is 0 Å². The van der Waals surface area contributed by atoms with Crippen molar-refractivity contribution in [2.75, 3.05) is 25.9 Å². The first-order chi connectivity index (χ1) is 16.1. The highest BCUT2D eigenvalue weighted by atomic mass is 35.5. The molecule has 2 heterocycles. The summed E-state index contributed by atoms with van der Waals surface area (Å²) in [7, 11) is -3.28. The second-order valence-corrected chi connectivity index (χ2v) is 11.9. The van der Waals surface area contributed by atoms with E-state index in [1.807, 2.05) is 24.0 Å². The molecule has 2 aromatic rings. The molecule has 0 spiro atoms. The molecule has 0 aliphatic carbocycles. The number of ether oxygens (including phenoxy) is 1. The molecule has 4 rings (SSSR count). The molecule has 2 aliphatic rings. The Balaban J connectivity index is 1.39. The van der Waals surface area contributed by atoms with Crippen molar-refractivity contribution in [2.45, 2.75) is 56.2 Å². The van der Waals surface area contributed by atoms with Crippen LogP contribution in [0.3, 0.4) is 0 Å². The molecule has 1 atom stereocenters. The van der Waals surface area contributed by atoms with E-state index in [1.165, 1.54) is 12.1 Å². The van der Waals surface area contributed by atoms with Crippen molar-refractivity contribution in [3.8, 4) is 5.75 Å². The topological polar surface area (TPSA) is 66.9 Å². The summed E-state index contributed by atoms with van der Waals surface area (Å²) in [6.07, 6.45) is 5.99. The number of carbonyl (C=O) groups is 1. The molecule has 0 saturated carbocycles. The quantitative estimate of drug-likeness (QED) is 0.537. The minimum atomic E-state index is -3.28. The van der Waals surface area contributed by atoms with Crippen LogP contribution >= 0.6 is 23.2 Å². The van der Waals surface area contributed by atoms with E-state index in [-0.39, 0.29) is 17.0 Å². The zero-order chi connectivity index (χ0) is 24.5. The van der Waals surface area contributed by atoms with E-state index in [0.29, 0.717) is 40.5 Å². The predicted octanol–water partition coefficient (Wildman–Crippen LogP) is 5.20. The van der Waals surface area contributed by atoms with Gasteiger partial charge in [-0.25, -0.2) is 8.42 Å². The summed E-state index contributed by atoms with van der Waals surface area (Å²) in [5.74, 6) is 0.596. The van der Waals surface area contributed by atoms with Crippen LogP contribution in [-0.4, -0.2) is 62.3 Å². The van der Waals surface area contributed by atoms with E-state index in [2.05, 4.69) is 4.90 Å². The number of sulfone groups is 1. The van der Waals surface area contributed by atoms with Gasteiger partial charge in [0.05, 0.1) is 9.92 Å². The normalized spacial score (nSPS) is 20.4. The fourth-order valence-corrected chi connectivity index (χ4v) is 5.82. The van der Waals surface area contributed by atoms with Crippen molar-refractivity contribution >= 4 is 38.9 Å². The summed E-state index contributed by atoms with van der Waals surface area (Å²) in [5, 5.41) is 1.18. The van der Waals surface area contributed by atoms with Gasteiger partial charge in [-0.2, -0.15) is 0 Å². The van der Waals surface area contributed by atoms with Gasteiger partial charge in [0.2, 0.25) is 0 Å². The summed E-state index contributed by atoms with van der Waals surface area (Å²) in [6, 6.07) is 10.2. The van der Waals surface area contributed by atoms with Crippen LogP contribution in [0, 0.1) is 6.92 Å². The zero-order valence-corrected chi connectivity index (χ0v) is 21.8. The highest BCUT2D eigenvalue weighted by molar-refractivity contribution is 7.90. The number of carbonyl (C=O) groups excluding carboxylic acids is 1. The lowest BCUT2D eigenvalue weighted by atomic mass is 9.98. The second kappa shape index (κ2) is 10.4. The molecule has 2 fully saturated rings. The van der Waals surface area contributed by atoms with Gasteiger partial charge in [-0.15, -0.1) is 0 Å². The van der Waals surface area contributed by atoms with Crippen LogP contribution in [0.15, 0.2) is 41.3 Å². The Morgan fingerprint density at radius 1 is 0.971 bits per heavy atom. The molecule has 184 valence electrons. The van der Waals surface area contributed by atoms with Crippen LogP contribution in [0.2, 0.25) is 10.0 Å². The van der Waals surface area contributed by atoms with Crippen molar-refractivity contribution in [1.29, 1.82) is 0 Å². The lowest BCUT2D eigenvalue weighted by Crippen LogP contribution is -2.53. The highest BCUT2D eigenvalue weighted by Crippen LogP contribution is 2.35. The molecular formula is C25H30Cl2N2O4S. The third-order valence-electron chi connectivity index (χ3n) is 6.79. The van der Waals surface area contributed by atoms with E-state index in [9.17, 15) is 13.2 Å². The molecule has 6 nitrogen and oxygen atoms in total. The van der Waals surface area contributed by atoms with Gasteiger partial charge in [0.25, 0.3) is 5.91 Å². The van der Waals surface area contributed by atoms with Crippen molar-refractivity contribution in [3.63, 3.8) is 0 Å². The molecule has 2 aromatic carbocycles. The van der Waals surface area contributed by atoms with E-state index < -0.39 is 9.84 Å². The minimum absolute atomic E-state index is 0.0531. The van der Waals surface area contributed by atoms with Gasteiger partial charge in [-0.1, -0.05) is 23.2 Å². The Labute approximate surface area is 211 Å². The maximum absolute atomic E-state index is 13.0. The summed E-state index contributed by atoms with van der Waals surface area (Å²) >= 11 is 12.7. The van der Waals surface area contributed by atoms with Crippen molar-refractivity contribution < 1.29 is 17.9 Å². The molecule has 1 amide bonds. The Bertz CT molecular complexity index is 1150. The molecule has 0 radical (unpaired) electrons. The average Bonchev–Trinajstić information content (AvgIpc) is 2.84. The van der Waals surface area contributed by atoms with Gasteiger partial charge in [0, 0.05) is 42.5 Å². The Kier molecular flexibility index (Phi) is 7.77. The number of nitrogens with zero attached hydrogens (tertiary/aromatic N) is 2. The van der Waals surface area contributed by atoms with Crippen LogP contribution in [-0.2, 0) is 9.84 Å². The van der Waals surface area contributed by atoms with E-state index >= 15 is 0 Å². The van der Waals surface area contributed by atoms with Crippen LogP contribution < -0.4 is 4.74 Å². The third kappa shape index (κ3) is 5.54. The highest BCUT2D eigenvalue weighted by Gasteiger charge is 2.34. The second-order valence-electron chi connectivity index (χ2n) is 9.11. The number of likely N-dealkylation sites (tertiary alicyclic amines) is 2. The molecule has 2 aliphatic heterocycles. The maximum Gasteiger partial charge on any atom is 0.253 e. The van der Waals surface area contributed by atoms with Gasteiger partial charge in [-0.05, 0) is 81.0 Å². The fourth-order valence-electron chi connectivity index (χ4n) is 4.77. The van der Waals surface area contributed by atoms with E-state index in [0.717, 1.165) is 50.5 Å². The third-order valence-corrected chi connectivity index (χ3v) is 8.79. The van der Waals surface area contributed by atoms with Gasteiger partial charge in [-0.3, -0.25) is 9.69 Å². The number of halogens is 2. The number of hydrogen-bond acceptors (Lipinski definition) is 5. The predicted molar refractivity (Wildman–Crippen MR) is 135 cm³/mol. The number of benzene rings is 2. The van der Waals surface area contributed by atoms with Gasteiger partial charge in [0.1, 0.15) is 5.75 Å². The molecule has 0 bridgehead atoms. The first-order valence-corrected chi connectivity index (χ1v) is 14.3. The molecule has 2 saturated heterocycles.